The van der Waals surface area contributed by atoms with Crippen molar-refractivity contribution >= 4 is 11.6 Å². The highest BCUT2D eigenvalue weighted by atomic mass is 19.4. The third-order valence-electron chi connectivity index (χ3n) is 10.6. The molecule has 3 aliphatic rings. The molecule has 3 nitrogen and oxygen atoms in total. The summed E-state index contributed by atoms with van der Waals surface area (Å²) >= 11 is 0. The van der Waals surface area contributed by atoms with Crippen LogP contribution >= 0.6 is 0 Å². The number of carbonyl (C=O) groups excluding carboxylic acids is 2. The second kappa shape index (κ2) is 9.62. The van der Waals surface area contributed by atoms with Crippen molar-refractivity contribution in [3.05, 3.63) is 35.4 Å². The van der Waals surface area contributed by atoms with Crippen molar-refractivity contribution < 1.29 is 22.8 Å². The van der Waals surface area contributed by atoms with Gasteiger partial charge in [0.15, 0.2) is 0 Å². The lowest BCUT2D eigenvalue weighted by Gasteiger charge is -2.55. The van der Waals surface area contributed by atoms with E-state index < -0.39 is 23.1 Å². The molecular weight excluding hydrogens is 463 g/mol. The van der Waals surface area contributed by atoms with Crippen LogP contribution < -0.4 is 0 Å². The smallest absolute Gasteiger partial charge is 0.299 e. The van der Waals surface area contributed by atoms with E-state index in [9.17, 15) is 28.0 Å². The van der Waals surface area contributed by atoms with E-state index in [1.807, 2.05) is 6.92 Å². The molecule has 196 valence electrons. The first kappa shape index (κ1) is 26.9. The van der Waals surface area contributed by atoms with E-state index in [2.05, 4.69) is 26.8 Å². The molecule has 3 aliphatic carbocycles. The van der Waals surface area contributed by atoms with E-state index in [-0.39, 0.29) is 41.7 Å². The second-order valence-electron chi connectivity index (χ2n) is 12.2. The molecule has 3 saturated carbocycles. The van der Waals surface area contributed by atoms with Gasteiger partial charge in [-0.05, 0) is 78.7 Å². The van der Waals surface area contributed by atoms with Gasteiger partial charge in [-0.25, -0.2) is 0 Å². The van der Waals surface area contributed by atoms with Crippen LogP contribution in [0.15, 0.2) is 24.3 Å². The quantitative estimate of drug-likeness (QED) is 0.388. The van der Waals surface area contributed by atoms with Crippen LogP contribution in [0, 0.1) is 51.8 Å². The molecule has 0 amide bonds. The minimum absolute atomic E-state index is 0.0418. The molecule has 0 bridgehead atoms. The third-order valence-corrected chi connectivity index (χ3v) is 10.6. The predicted octanol–water partition coefficient (Wildman–Crippen LogP) is 7.75. The summed E-state index contributed by atoms with van der Waals surface area (Å²) in [6.07, 6.45) is 0.978. The molecule has 8 atom stereocenters. The molecule has 0 saturated heterocycles. The number of fused-ring (bicyclic) bond motifs is 1. The van der Waals surface area contributed by atoms with Crippen molar-refractivity contribution in [3.63, 3.8) is 0 Å². The second-order valence-corrected chi connectivity index (χ2v) is 12.2. The molecule has 6 heteroatoms. The third kappa shape index (κ3) is 4.41. The first-order valence-electron chi connectivity index (χ1n) is 13.5. The van der Waals surface area contributed by atoms with Gasteiger partial charge < -0.3 is 0 Å². The molecule has 4 rings (SSSR count). The van der Waals surface area contributed by atoms with Gasteiger partial charge in [0, 0.05) is 17.8 Å². The molecular formula is C30H38F3NO2. The maximum atomic E-state index is 13.5. The standard InChI is InChI=1S/C30H38F3NO2/c1-5-18(2)23-9-10-24-21(12-14-34)25(11-13-28(23,24)3)29(4)17-22(26(35)16-27(29)36)19-7-6-8-20(15-19)30(31,32)33/h6-8,15,18,21-25H,5,9-13,16-17H2,1-4H3/t18?,21?,22-,23-,24+,25?,28-,29-/m1/s1. The number of hydrogen-bond donors (Lipinski definition) is 0. The molecule has 0 N–H and O–H groups in total. The van der Waals surface area contributed by atoms with Gasteiger partial charge in [0.05, 0.1) is 18.1 Å². The number of Topliss-reactive ketones (excluding diaryl/α,β-unsaturated/α-hetero) is 2. The number of benzene rings is 1. The number of alkyl halides is 3. The maximum absolute atomic E-state index is 13.5. The number of carbonyl (C=O) groups is 2. The van der Waals surface area contributed by atoms with Gasteiger partial charge in [0.25, 0.3) is 0 Å². The highest BCUT2D eigenvalue weighted by Crippen LogP contribution is 2.65. The molecule has 0 spiro atoms. The fourth-order valence-corrected chi connectivity index (χ4v) is 8.46. The summed E-state index contributed by atoms with van der Waals surface area (Å²) in [4.78, 5) is 26.5. The fourth-order valence-electron chi connectivity index (χ4n) is 8.46. The van der Waals surface area contributed by atoms with Crippen LogP contribution in [0.3, 0.4) is 0 Å². The molecule has 3 fully saturated rings. The lowest BCUT2D eigenvalue weighted by atomic mass is 9.48. The van der Waals surface area contributed by atoms with Crippen LogP contribution in [0.5, 0.6) is 0 Å². The Labute approximate surface area is 212 Å². The van der Waals surface area contributed by atoms with Gasteiger partial charge >= 0.3 is 6.18 Å². The van der Waals surface area contributed by atoms with Crippen LogP contribution in [-0.2, 0) is 15.8 Å². The van der Waals surface area contributed by atoms with Gasteiger partial charge in [-0.2, -0.15) is 18.4 Å². The van der Waals surface area contributed by atoms with E-state index >= 15 is 0 Å². The van der Waals surface area contributed by atoms with E-state index in [1.165, 1.54) is 6.07 Å². The summed E-state index contributed by atoms with van der Waals surface area (Å²) in [5, 5.41) is 9.79. The van der Waals surface area contributed by atoms with Gasteiger partial charge in [0.1, 0.15) is 11.6 Å². The zero-order valence-electron chi connectivity index (χ0n) is 21.8. The predicted molar refractivity (Wildman–Crippen MR) is 132 cm³/mol. The summed E-state index contributed by atoms with van der Waals surface area (Å²) in [6, 6.07) is 7.40. The van der Waals surface area contributed by atoms with Crippen LogP contribution in [0.1, 0.15) is 96.1 Å². The molecule has 1 aromatic rings. The molecule has 3 unspecified atom stereocenters. The van der Waals surface area contributed by atoms with E-state index in [0.717, 1.165) is 44.2 Å². The Hall–Kier alpha value is -2.16. The maximum Gasteiger partial charge on any atom is 0.416 e. The molecule has 1 aromatic carbocycles. The van der Waals surface area contributed by atoms with Gasteiger partial charge in [0.2, 0.25) is 0 Å². The molecule has 0 aromatic heterocycles. The van der Waals surface area contributed by atoms with E-state index in [0.29, 0.717) is 29.7 Å². The van der Waals surface area contributed by atoms with Crippen molar-refractivity contribution in [3.8, 4) is 6.07 Å². The fraction of sp³-hybridized carbons (Fsp3) is 0.700. The van der Waals surface area contributed by atoms with Gasteiger partial charge in [-0.1, -0.05) is 52.3 Å². The van der Waals surface area contributed by atoms with Crippen molar-refractivity contribution in [1.82, 2.24) is 0 Å². The van der Waals surface area contributed by atoms with Crippen LogP contribution in [0.4, 0.5) is 13.2 Å². The SMILES string of the molecule is CCC(C)[C@H]1CC[C@H]2C(CC#N)C([C@@]3(C)C[C@H](c4cccc(C(F)(F)F)c4)C(=O)CC3=O)CC[C@]12C. The summed E-state index contributed by atoms with van der Waals surface area (Å²) in [7, 11) is 0. The Balaban J connectivity index is 1.68. The van der Waals surface area contributed by atoms with Crippen LogP contribution in [0.25, 0.3) is 0 Å². The lowest BCUT2D eigenvalue weighted by molar-refractivity contribution is -0.147. The Morgan fingerprint density at radius 3 is 2.50 bits per heavy atom. The number of ketones is 2. The highest BCUT2D eigenvalue weighted by Gasteiger charge is 2.60. The largest absolute Gasteiger partial charge is 0.416 e. The first-order valence-corrected chi connectivity index (χ1v) is 13.5. The minimum atomic E-state index is -4.49. The van der Waals surface area contributed by atoms with Gasteiger partial charge in [-0.15, -0.1) is 0 Å². The number of nitrogens with zero attached hydrogens (tertiary/aromatic N) is 1. The summed E-state index contributed by atoms with van der Waals surface area (Å²) < 4.78 is 40.1. The van der Waals surface area contributed by atoms with Crippen molar-refractivity contribution in [2.24, 2.45) is 40.4 Å². The molecule has 0 heterocycles. The highest BCUT2D eigenvalue weighted by molar-refractivity contribution is 6.07. The summed E-state index contributed by atoms with van der Waals surface area (Å²) in [6.45, 7) is 8.84. The average Bonchev–Trinajstić information content (AvgIpc) is 3.18. The topological polar surface area (TPSA) is 57.9 Å². The van der Waals surface area contributed by atoms with Crippen molar-refractivity contribution in [1.29, 1.82) is 5.26 Å². The Kier molecular flexibility index (Phi) is 7.18. The van der Waals surface area contributed by atoms with Crippen molar-refractivity contribution in [2.75, 3.05) is 0 Å². The molecule has 0 radical (unpaired) electrons. The first-order chi connectivity index (χ1) is 16.9. The monoisotopic (exact) mass is 501 g/mol. The van der Waals surface area contributed by atoms with E-state index in [1.54, 1.807) is 6.07 Å². The number of halogens is 3. The van der Waals surface area contributed by atoms with E-state index in [4.69, 9.17) is 0 Å². The normalized spacial score (nSPS) is 37.9. The minimum Gasteiger partial charge on any atom is -0.299 e. The zero-order valence-corrected chi connectivity index (χ0v) is 21.8. The Morgan fingerprint density at radius 2 is 1.86 bits per heavy atom. The summed E-state index contributed by atoms with van der Waals surface area (Å²) in [5.41, 5.74) is -1.13. The van der Waals surface area contributed by atoms with Crippen LogP contribution in [-0.4, -0.2) is 11.6 Å². The Bertz CT molecular complexity index is 1060. The zero-order chi connectivity index (χ0) is 26.5. The lowest BCUT2D eigenvalue weighted by Crippen LogP contribution is -2.52. The Morgan fingerprint density at radius 1 is 1.14 bits per heavy atom. The molecule has 0 aliphatic heterocycles. The summed E-state index contributed by atoms with van der Waals surface area (Å²) in [5.74, 6) is 0.437. The average molecular weight is 502 g/mol. The number of rotatable bonds is 5. The van der Waals surface area contributed by atoms with Gasteiger partial charge in [-0.3, -0.25) is 9.59 Å². The van der Waals surface area contributed by atoms with Crippen molar-refractivity contribution in [2.45, 2.75) is 91.2 Å². The number of hydrogen-bond acceptors (Lipinski definition) is 3. The number of nitriles is 1. The molecule has 36 heavy (non-hydrogen) atoms. The van der Waals surface area contributed by atoms with Crippen LogP contribution in [0.2, 0.25) is 0 Å².